The highest BCUT2D eigenvalue weighted by Crippen LogP contribution is 2.16. The van der Waals surface area contributed by atoms with Gasteiger partial charge in [-0.3, -0.25) is 4.79 Å². The van der Waals surface area contributed by atoms with E-state index in [4.69, 9.17) is 4.74 Å². The van der Waals surface area contributed by atoms with Gasteiger partial charge in [0.1, 0.15) is 5.75 Å². The Kier molecular flexibility index (Phi) is 5.82. The van der Waals surface area contributed by atoms with Crippen molar-refractivity contribution in [2.24, 2.45) is 5.92 Å². The van der Waals surface area contributed by atoms with Gasteiger partial charge in [0.25, 0.3) is 0 Å². The van der Waals surface area contributed by atoms with Crippen molar-refractivity contribution >= 4 is 5.97 Å². The Morgan fingerprint density at radius 3 is 2.25 bits per heavy atom. The van der Waals surface area contributed by atoms with E-state index in [-0.39, 0.29) is 11.9 Å². The average Bonchev–Trinajstić information content (AvgIpc) is 2.57. The van der Waals surface area contributed by atoms with Crippen LogP contribution in [0.4, 0.5) is 0 Å². The second kappa shape index (κ2) is 7.84. The molecule has 0 saturated carbocycles. The Balaban J connectivity index is 2.13. The van der Waals surface area contributed by atoms with Gasteiger partial charge in [0.15, 0.2) is 0 Å². The van der Waals surface area contributed by atoms with Gasteiger partial charge < -0.3 is 4.74 Å². The summed E-state index contributed by atoms with van der Waals surface area (Å²) in [5.74, 6) is 6.68. The Morgan fingerprint density at radius 2 is 1.62 bits per heavy atom. The van der Waals surface area contributed by atoms with Crippen LogP contribution in [0.25, 0.3) is 0 Å². The molecule has 2 aromatic rings. The van der Waals surface area contributed by atoms with Crippen LogP contribution in [0.5, 0.6) is 5.75 Å². The van der Waals surface area contributed by atoms with Crippen molar-refractivity contribution in [2.45, 2.75) is 41.0 Å². The molecular weight excluding hydrogens is 296 g/mol. The molecule has 2 nitrogen and oxygen atoms in total. The third-order valence-electron chi connectivity index (χ3n) is 4.27. The molecule has 1 unspecified atom stereocenters. The molecule has 2 rings (SSSR count). The summed E-state index contributed by atoms with van der Waals surface area (Å²) in [7, 11) is 0. The van der Waals surface area contributed by atoms with Crippen LogP contribution in [-0.4, -0.2) is 5.97 Å². The molecule has 2 heteroatoms. The summed E-state index contributed by atoms with van der Waals surface area (Å²) in [4.78, 5) is 11.8. The Hall–Kier alpha value is -2.53. The first-order chi connectivity index (χ1) is 11.4. The number of hydrogen-bond acceptors (Lipinski definition) is 2. The first-order valence-electron chi connectivity index (χ1n) is 8.32. The maximum absolute atomic E-state index is 11.8. The predicted octanol–water partition coefficient (Wildman–Crippen LogP) is 4.96. The highest BCUT2D eigenvalue weighted by atomic mass is 16.5. The fourth-order valence-electron chi connectivity index (χ4n) is 2.22. The lowest BCUT2D eigenvalue weighted by atomic mass is 10.0. The maximum Gasteiger partial charge on any atom is 0.314 e. The van der Waals surface area contributed by atoms with Crippen LogP contribution >= 0.6 is 0 Å². The molecule has 2 aromatic carbocycles. The van der Waals surface area contributed by atoms with Crippen LogP contribution in [-0.2, 0) is 4.79 Å². The lowest BCUT2D eigenvalue weighted by Gasteiger charge is -2.08. The molecule has 0 heterocycles. The number of rotatable bonds is 3. The summed E-state index contributed by atoms with van der Waals surface area (Å²) in [5, 5.41) is 0. The van der Waals surface area contributed by atoms with Crippen molar-refractivity contribution < 1.29 is 9.53 Å². The number of ether oxygens (including phenoxy) is 1. The van der Waals surface area contributed by atoms with Gasteiger partial charge in [0.05, 0.1) is 5.92 Å². The molecule has 0 radical (unpaired) electrons. The van der Waals surface area contributed by atoms with E-state index in [0.717, 1.165) is 17.5 Å². The van der Waals surface area contributed by atoms with E-state index in [1.165, 1.54) is 16.7 Å². The van der Waals surface area contributed by atoms with Gasteiger partial charge in [-0.2, -0.15) is 0 Å². The Bertz CT molecular complexity index is 789. The zero-order valence-electron chi connectivity index (χ0n) is 15.1. The summed E-state index contributed by atoms with van der Waals surface area (Å²) < 4.78 is 5.35. The highest BCUT2D eigenvalue weighted by molar-refractivity contribution is 5.74. The monoisotopic (exact) mass is 320 g/mol. The molecular formula is C22H24O2. The van der Waals surface area contributed by atoms with E-state index in [0.29, 0.717) is 5.75 Å². The van der Waals surface area contributed by atoms with E-state index in [9.17, 15) is 4.79 Å². The quantitative estimate of drug-likeness (QED) is 0.454. The lowest BCUT2D eigenvalue weighted by Crippen LogP contribution is -2.16. The topological polar surface area (TPSA) is 26.3 Å². The molecule has 0 aliphatic carbocycles. The molecule has 0 N–H and O–H groups in total. The van der Waals surface area contributed by atoms with Crippen molar-refractivity contribution in [3.63, 3.8) is 0 Å². The summed E-state index contributed by atoms with van der Waals surface area (Å²) in [6.45, 7) is 10.1. The third kappa shape index (κ3) is 4.49. The molecule has 0 aliphatic rings. The third-order valence-corrected chi connectivity index (χ3v) is 4.27. The molecule has 1 atom stereocenters. The van der Waals surface area contributed by atoms with Crippen LogP contribution in [0.15, 0.2) is 36.4 Å². The molecule has 124 valence electrons. The molecule has 0 aliphatic heterocycles. The van der Waals surface area contributed by atoms with Crippen molar-refractivity contribution in [3.05, 3.63) is 64.2 Å². The smallest absolute Gasteiger partial charge is 0.314 e. The highest BCUT2D eigenvalue weighted by Gasteiger charge is 2.12. The molecule has 0 amide bonds. The SMILES string of the molecule is CCC(C)C(=O)Oc1ccc(C#Cc2cc(C)c(C)cc2C)cc1. The largest absolute Gasteiger partial charge is 0.426 e. The van der Waals surface area contributed by atoms with Crippen molar-refractivity contribution in [2.75, 3.05) is 0 Å². The van der Waals surface area contributed by atoms with Gasteiger partial charge in [-0.15, -0.1) is 0 Å². The number of carbonyl (C=O) groups excluding carboxylic acids is 1. The number of aryl methyl sites for hydroxylation is 3. The zero-order chi connectivity index (χ0) is 17.7. The molecule has 0 bridgehead atoms. The first kappa shape index (κ1) is 17.8. The van der Waals surface area contributed by atoms with E-state index in [2.05, 4.69) is 44.7 Å². The van der Waals surface area contributed by atoms with Gasteiger partial charge >= 0.3 is 5.97 Å². The van der Waals surface area contributed by atoms with Crippen LogP contribution in [0.3, 0.4) is 0 Å². The molecule has 0 spiro atoms. The second-order valence-corrected chi connectivity index (χ2v) is 6.26. The van der Waals surface area contributed by atoms with Crippen molar-refractivity contribution in [3.8, 4) is 17.6 Å². The molecule has 0 aromatic heterocycles. The summed E-state index contributed by atoms with van der Waals surface area (Å²) in [6, 6.07) is 11.6. The number of esters is 1. The minimum absolute atomic E-state index is 0.0859. The Labute approximate surface area is 144 Å². The van der Waals surface area contributed by atoms with E-state index in [1.807, 2.05) is 26.0 Å². The molecule has 24 heavy (non-hydrogen) atoms. The van der Waals surface area contributed by atoms with Crippen LogP contribution in [0, 0.1) is 38.5 Å². The van der Waals surface area contributed by atoms with E-state index < -0.39 is 0 Å². The summed E-state index contributed by atoms with van der Waals surface area (Å²) >= 11 is 0. The van der Waals surface area contributed by atoms with Crippen molar-refractivity contribution in [1.29, 1.82) is 0 Å². The Morgan fingerprint density at radius 1 is 1.00 bits per heavy atom. The van der Waals surface area contributed by atoms with Gasteiger partial charge in [0.2, 0.25) is 0 Å². The van der Waals surface area contributed by atoms with Crippen LogP contribution in [0.1, 0.15) is 48.1 Å². The van der Waals surface area contributed by atoms with E-state index in [1.54, 1.807) is 12.1 Å². The summed E-state index contributed by atoms with van der Waals surface area (Å²) in [6.07, 6.45) is 0.776. The normalized spacial score (nSPS) is 11.4. The standard InChI is InChI=1S/C22H24O2/c1-6-15(2)22(23)24-21-11-8-19(9-12-21)7-10-20-14-17(4)16(3)13-18(20)5/h8-9,11-15H,6H2,1-5H3. The zero-order valence-corrected chi connectivity index (χ0v) is 15.1. The number of hydrogen-bond donors (Lipinski definition) is 0. The van der Waals surface area contributed by atoms with Gasteiger partial charge in [-0.1, -0.05) is 31.8 Å². The fraction of sp³-hybridized carbons (Fsp3) is 0.318. The number of benzene rings is 2. The van der Waals surface area contributed by atoms with Crippen molar-refractivity contribution in [1.82, 2.24) is 0 Å². The number of carbonyl (C=O) groups is 1. The van der Waals surface area contributed by atoms with Gasteiger partial charge in [0, 0.05) is 11.1 Å². The first-order valence-corrected chi connectivity index (χ1v) is 8.32. The van der Waals surface area contributed by atoms with Gasteiger partial charge in [-0.05, 0) is 74.2 Å². The molecule has 0 fully saturated rings. The minimum Gasteiger partial charge on any atom is -0.426 e. The predicted molar refractivity (Wildman–Crippen MR) is 98.2 cm³/mol. The lowest BCUT2D eigenvalue weighted by molar-refractivity contribution is -0.138. The van der Waals surface area contributed by atoms with E-state index >= 15 is 0 Å². The van der Waals surface area contributed by atoms with Gasteiger partial charge in [-0.25, -0.2) is 0 Å². The fourth-order valence-corrected chi connectivity index (χ4v) is 2.22. The minimum atomic E-state index is -0.193. The second-order valence-electron chi connectivity index (χ2n) is 6.26. The van der Waals surface area contributed by atoms with Crippen LogP contribution in [0.2, 0.25) is 0 Å². The summed E-state index contributed by atoms with van der Waals surface area (Å²) in [5.41, 5.74) is 5.66. The molecule has 0 saturated heterocycles. The average molecular weight is 320 g/mol. The van der Waals surface area contributed by atoms with Crippen LogP contribution < -0.4 is 4.74 Å². The maximum atomic E-state index is 11.8.